The molecule has 126 valence electrons. The predicted molar refractivity (Wildman–Crippen MR) is 88.3 cm³/mol. The first-order chi connectivity index (χ1) is 11.4. The van der Waals surface area contributed by atoms with E-state index in [4.69, 9.17) is 22.1 Å². The lowest BCUT2D eigenvalue weighted by Gasteiger charge is -2.18. The van der Waals surface area contributed by atoms with Crippen LogP contribution in [0.3, 0.4) is 0 Å². The highest BCUT2D eigenvalue weighted by molar-refractivity contribution is 6.31. The van der Waals surface area contributed by atoms with Crippen LogP contribution in [0, 0.1) is 5.82 Å². The first-order valence-corrected chi connectivity index (χ1v) is 7.46. The van der Waals surface area contributed by atoms with Crippen LogP contribution in [0.4, 0.5) is 4.39 Å². The average molecular weight is 351 g/mol. The standard InChI is InChI=1S/C17H16ClFN2O3/c1-21(9-13-14(18)3-2-4-15(13)19)16(22)10-24-12-7-5-11(6-8-12)17(20)23/h2-8H,9-10H2,1H3,(H2,20,23). The average Bonchev–Trinajstić information content (AvgIpc) is 2.56. The second-order valence-electron chi connectivity index (χ2n) is 5.13. The van der Waals surface area contributed by atoms with Gasteiger partial charge in [0.2, 0.25) is 5.91 Å². The van der Waals surface area contributed by atoms with E-state index < -0.39 is 11.7 Å². The topological polar surface area (TPSA) is 72.6 Å². The van der Waals surface area contributed by atoms with Crippen molar-refractivity contribution in [2.75, 3.05) is 13.7 Å². The molecule has 0 radical (unpaired) electrons. The van der Waals surface area contributed by atoms with Gasteiger partial charge in [-0.3, -0.25) is 9.59 Å². The fourth-order valence-corrected chi connectivity index (χ4v) is 2.20. The third-order valence-electron chi connectivity index (χ3n) is 3.38. The molecule has 2 N–H and O–H groups in total. The second-order valence-corrected chi connectivity index (χ2v) is 5.53. The molecule has 0 heterocycles. The summed E-state index contributed by atoms with van der Waals surface area (Å²) < 4.78 is 19.1. The maximum atomic E-state index is 13.7. The zero-order chi connectivity index (χ0) is 17.7. The Morgan fingerprint density at radius 1 is 1.21 bits per heavy atom. The van der Waals surface area contributed by atoms with Crippen molar-refractivity contribution in [2.24, 2.45) is 5.73 Å². The Balaban J connectivity index is 1.93. The molecule has 0 unspecified atom stereocenters. The summed E-state index contributed by atoms with van der Waals surface area (Å²) in [7, 11) is 1.53. The molecular weight excluding hydrogens is 335 g/mol. The van der Waals surface area contributed by atoms with Gasteiger partial charge in [-0.05, 0) is 36.4 Å². The minimum absolute atomic E-state index is 0.0360. The number of benzene rings is 2. The summed E-state index contributed by atoms with van der Waals surface area (Å²) in [6.45, 7) is -0.188. The molecule has 0 aliphatic heterocycles. The number of rotatable bonds is 6. The van der Waals surface area contributed by atoms with Crippen LogP contribution >= 0.6 is 11.6 Å². The molecule has 2 aromatic carbocycles. The third-order valence-corrected chi connectivity index (χ3v) is 3.74. The zero-order valence-electron chi connectivity index (χ0n) is 13.0. The fourth-order valence-electron chi connectivity index (χ4n) is 1.98. The first-order valence-electron chi connectivity index (χ1n) is 7.08. The number of likely N-dealkylation sites (N-methyl/N-ethyl adjacent to an activating group) is 1. The summed E-state index contributed by atoms with van der Waals surface area (Å²) in [5, 5.41) is 0.262. The lowest BCUT2D eigenvalue weighted by molar-refractivity contribution is -0.132. The van der Waals surface area contributed by atoms with Gasteiger partial charge in [0, 0.05) is 29.7 Å². The van der Waals surface area contributed by atoms with E-state index in [0.717, 1.165) is 0 Å². The third kappa shape index (κ3) is 4.45. The van der Waals surface area contributed by atoms with E-state index in [0.29, 0.717) is 11.3 Å². The predicted octanol–water partition coefficient (Wildman–Crippen LogP) is 2.62. The van der Waals surface area contributed by atoms with Crippen molar-refractivity contribution in [1.29, 1.82) is 0 Å². The van der Waals surface area contributed by atoms with Crippen LogP contribution in [0.5, 0.6) is 5.75 Å². The Bertz CT molecular complexity index is 730. The Hall–Kier alpha value is -2.60. The molecule has 2 rings (SSSR count). The van der Waals surface area contributed by atoms with E-state index in [-0.39, 0.29) is 29.6 Å². The molecule has 2 aromatic rings. The van der Waals surface area contributed by atoms with Crippen LogP contribution < -0.4 is 10.5 Å². The molecule has 0 saturated heterocycles. The molecule has 5 nitrogen and oxygen atoms in total. The van der Waals surface area contributed by atoms with Crippen LogP contribution in [-0.2, 0) is 11.3 Å². The van der Waals surface area contributed by atoms with Crippen molar-refractivity contribution in [3.63, 3.8) is 0 Å². The number of hydrogen-bond acceptors (Lipinski definition) is 3. The molecule has 2 amide bonds. The highest BCUT2D eigenvalue weighted by atomic mass is 35.5. The van der Waals surface area contributed by atoms with Crippen LogP contribution in [0.1, 0.15) is 15.9 Å². The number of halogens is 2. The summed E-state index contributed by atoms with van der Waals surface area (Å²) in [5.41, 5.74) is 5.74. The molecule has 0 aliphatic rings. The van der Waals surface area contributed by atoms with Gasteiger partial charge >= 0.3 is 0 Å². The van der Waals surface area contributed by atoms with Gasteiger partial charge < -0.3 is 15.4 Å². The number of carbonyl (C=O) groups excluding carboxylic acids is 2. The van der Waals surface area contributed by atoms with E-state index in [1.54, 1.807) is 18.2 Å². The number of amides is 2. The maximum Gasteiger partial charge on any atom is 0.260 e. The van der Waals surface area contributed by atoms with Gasteiger partial charge in [0.1, 0.15) is 11.6 Å². The molecule has 0 saturated carbocycles. The Morgan fingerprint density at radius 3 is 2.46 bits per heavy atom. The van der Waals surface area contributed by atoms with Gasteiger partial charge in [0.05, 0.1) is 0 Å². The molecule has 0 aromatic heterocycles. The van der Waals surface area contributed by atoms with Gasteiger partial charge in [-0.15, -0.1) is 0 Å². The molecule has 0 bridgehead atoms. The minimum Gasteiger partial charge on any atom is -0.484 e. The number of carbonyl (C=O) groups is 2. The quantitative estimate of drug-likeness (QED) is 0.870. The Labute approximate surface area is 143 Å². The number of nitrogens with zero attached hydrogens (tertiary/aromatic N) is 1. The number of hydrogen-bond donors (Lipinski definition) is 1. The summed E-state index contributed by atoms with van der Waals surface area (Å²) in [6, 6.07) is 10.4. The molecule has 24 heavy (non-hydrogen) atoms. The second kappa shape index (κ2) is 7.79. The fraction of sp³-hybridized carbons (Fsp3) is 0.176. The molecule has 0 aliphatic carbocycles. The minimum atomic E-state index is -0.542. The highest BCUT2D eigenvalue weighted by Crippen LogP contribution is 2.20. The van der Waals surface area contributed by atoms with Crippen molar-refractivity contribution in [2.45, 2.75) is 6.54 Å². The number of ether oxygens (including phenoxy) is 1. The molecular formula is C17H16ClFN2O3. The van der Waals surface area contributed by atoms with Crippen molar-refractivity contribution in [3.8, 4) is 5.75 Å². The summed E-state index contributed by atoms with van der Waals surface area (Å²) in [5.74, 6) is -0.928. The van der Waals surface area contributed by atoms with Crippen LogP contribution in [0.2, 0.25) is 5.02 Å². The van der Waals surface area contributed by atoms with Gasteiger partial charge in [0.25, 0.3) is 5.91 Å². The van der Waals surface area contributed by atoms with Crippen molar-refractivity contribution in [1.82, 2.24) is 4.90 Å². The van der Waals surface area contributed by atoms with Gasteiger partial charge in [-0.2, -0.15) is 0 Å². The lowest BCUT2D eigenvalue weighted by atomic mass is 10.2. The Kier molecular flexibility index (Phi) is 5.76. The van der Waals surface area contributed by atoms with Crippen molar-refractivity contribution in [3.05, 3.63) is 64.4 Å². The SMILES string of the molecule is CN(Cc1c(F)cccc1Cl)C(=O)COc1ccc(C(N)=O)cc1. The molecule has 0 fully saturated rings. The molecule has 0 spiro atoms. The lowest BCUT2D eigenvalue weighted by Crippen LogP contribution is -2.31. The summed E-state index contributed by atoms with van der Waals surface area (Å²) >= 11 is 5.94. The largest absolute Gasteiger partial charge is 0.484 e. The smallest absolute Gasteiger partial charge is 0.260 e. The normalized spacial score (nSPS) is 10.3. The monoisotopic (exact) mass is 350 g/mol. The number of nitrogens with two attached hydrogens (primary N) is 1. The van der Waals surface area contributed by atoms with E-state index in [2.05, 4.69) is 0 Å². The summed E-state index contributed by atoms with van der Waals surface area (Å²) in [6.07, 6.45) is 0. The van der Waals surface area contributed by atoms with E-state index in [9.17, 15) is 14.0 Å². The van der Waals surface area contributed by atoms with Crippen molar-refractivity contribution >= 4 is 23.4 Å². The van der Waals surface area contributed by atoms with E-state index in [1.165, 1.54) is 36.2 Å². The van der Waals surface area contributed by atoms with Gasteiger partial charge in [0.15, 0.2) is 6.61 Å². The van der Waals surface area contributed by atoms with Gasteiger partial charge in [-0.25, -0.2) is 4.39 Å². The van der Waals surface area contributed by atoms with E-state index >= 15 is 0 Å². The summed E-state index contributed by atoms with van der Waals surface area (Å²) in [4.78, 5) is 24.4. The van der Waals surface area contributed by atoms with Crippen LogP contribution in [0.15, 0.2) is 42.5 Å². The van der Waals surface area contributed by atoms with Crippen LogP contribution in [0.25, 0.3) is 0 Å². The highest BCUT2D eigenvalue weighted by Gasteiger charge is 2.15. The van der Waals surface area contributed by atoms with Crippen molar-refractivity contribution < 1.29 is 18.7 Å². The van der Waals surface area contributed by atoms with Crippen LogP contribution in [-0.4, -0.2) is 30.4 Å². The van der Waals surface area contributed by atoms with Gasteiger partial charge in [-0.1, -0.05) is 17.7 Å². The van der Waals surface area contributed by atoms with E-state index in [1.807, 2.05) is 0 Å². The number of primary amides is 1. The Morgan fingerprint density at radius 2 is 1.88 bits per heavy atom. The zero-order valence-corrected chi connectivity index (χ0v) is 13.7. The maximum absolute atomic E-state index is 13.7. The molecule has 0 atom stereocenters. The first kappa shape index (κ1) is 17.7. The molecule has 7 heteroatoms.